The van der Waals surface area contributed by atoms with Gasteiger partial charge in [0, 0.05) is 0 Å². The molecule has 2 aromatic rings. The molecule has 1 heteroatoms. The zero-order valence-corrected chi connectivity index (χ0v) is 14.9. The van der Waals surface area contributed by atoms with Crippen molar-refractivity contribution in [2.75, 3.05) is 0 Å². The first-order valence-electron chi connectivity index (χ1n) is 9.16. The van der Waals surface area contributed by atoms with E-state index in [2.05, 4.69) is 65.0 Å². The van der Waals surface area contributed by atoms with Crippen LogP contribution in [-0.2, 0) is 11.7 Å². The molecule has 0 radical (unpaired) electrons. The first kappa shape index (κ1) is 17.1. The molecule has 2 rings (SSSR count). The molecule has 0 nitrogen and oxygen atoms in total. The van der Waals surface area contributed by atoms with E-state index >= 15 is 0 Å². The predicted molar refractivity (Wildman–Crippen MR) is 103 cm³/mol. The third kappa shape index (κ3) is 3.75. The number of unbranched alkanes of at least 4 members (excludes halogenated alkanes) is 2. The van der Waals surface area contributed by atoms with E-state index in [0.29, 0.717) is 5.31 Å². The maximum atomic E-state index is 2.43. The number of rotatable bonds is 8. The molecule has 1 atom stereocenters. The summed E-state index contributed by atoms with van der Waals surface area (Å²) in [6.07, 6.45) is 8.87. The van der Waals surface area contributed by atoms with Crippen LogP contribution in [0.15, 0.2) is 36.4 Å². The summed E-state index contributed by atoms with van der Waals surface area (Å²) in [7, 11) is 2.43. The van der Waals surface area contributed by atoms with E-state index in [1.807, 2.05) is 0 Å². The van der Waals surface area contributed by atoms with Crippen LogP contribution in [0.1, 0.15) is 70.4 Å². The zero-order chi connectivity index (χ0) is 16.0. The number of benzene rings is 2. The monoisotopic (exact) mass is 294 g/mol. The lowest BCUT2D eigenvalue weighted by atomic mass is 9.59. The van der Waals surface area contributed by atoms with Crippen LogP contribution in [0.4, 0.5) is 0 Å². The second kappa shape index (κ2) is 7.86. The molecule has 0 aliphatic heterocycles. The highest BCUT2D eigenvalue weighted by Crippen LogP contribution is 2.35. The minimum atomic E-state index is 0.304. The van der Waals surface area contributed by atoms with Crippen molar-refractivity contribution < 1.29 is 0 Å². The van der Waals surface area contributed by atoms with E-state index in [-0.39, 0.29) is 0 Å². The van der Waals surface area contributed by atoms with E-state index < -0.39 is 0 Å². The predicted octanol–water partition coefficient (Wildman–Crippen LogP) is 5.61. The molecule has 0 aliphatic rings. The SMILES string of the molecule is BC(CC)(CCC)c1cccc2cc(CCCCC)ccc12. The molecule has 0 amide bonds. The summed E-state index contributed by atoms with van der Waals surface area (Å²) in [5, 5.41) is 3.18. The third-order valence-electron chi connectivity index (χ3n) is 5.25. The maximum Gasteiger partial charge on any atom is 0.115 e. The van der Waals surface area contributed by atoms with Gasteiger partial charge in [0.2, 0.25) is 0 Å². The van der Waals surface area contributed by atoms with Gasteiger partial charge in [0.15, 0.2) is 0 Å². The van der Waals surface area contributed by atoms with Gasteiger partial charge in [-0.25, -0.2) is 0 Å². The molecule has 0 fully saturated rings. The van der Waals surface area contributed by atoms with Crippen LogP contribution in [0.2, 0.25) is 0 Å². The minimum Gasteiger partial charge on any atom is -0.0654 e. The molecule has 0 saturated carbocycles. The Bertz CT molecular complexity index is 602. The van der Waals surface area contributed by atoms with Crippen molar-refractivity contribution >= 4 is 18.6 Å². The van der Waals surface area contributed by atoms with E-state index in [1.165, 1.54) is 66.8 Å². The summed E-state index contributed by atoms with van der Waals surface area (Å²) in [5.41, 5.74) is 3.03. The molecule has 0 saturated heterocycles. The quantitative estimate of drug-likeness (QED) is 0.438. The van der Waals surface area contributed by atoms with Crippen molar-refractivity contribution in [3.63, 3.8) is 0 Å². The average molecular weight is 294 g/mol. The highest BCUT2D eigenvalue weighted by Gasteiger charge is 2.25. The minimum absolute atomic E-state index is 0.304. The molecule has 2 aromatic carbocycles. The Morgan fingerprint density at radius 1 is 0.955 bits per heavy atom. The Hall–Kier alpha value is -1.24. The molecule has 0 bridgehead atoms. The lowest BCUT2D eigenvalue weighted by Crippen LogP contribution is -2.25. The fourth-order valence-electron chi connectivity index (χ4n) is 3.65. The standard InChI is InChI=1S/C21H31B/c1-4-7-8-10-17-13-14-19-18(16-17)11-9-12-20(19)21(22,6-3)15-5-2/h9,11-14,16H,4-8,10,15,22H2,1-3H3. The maximum absolute atomic E-state index is 2.43. The molecule has 0 aliphatic carbocycles. The number of hydrogen-bond acceptors (Lipinski definition) is 0. The van der Waals surface area contributed by atoms with Crippen LogP contribution in [0, 0.1) is 0 Å². The Balaban J connectivity index is 2.37. The fourth-order valence-corrected chi connectivity index (χ4v) is 3.65. The molecular weight excluding hydrogens is 263 g/mol. The van der Waals surface area contributed by atoms with Crippen molar-refractivity contribution in [1.29, 1.82) is 0 Å². The lowest BCUT2D eigenvalue weighted by molar-refractivity contribution is 0.531. The second-order valence-electron chi connectivity index (χ2n) is 6.98. The van der Waals surface area contributed by atoms with Gasteiger partial charge in [-0.3, -0.25) is 0 Å². The van der Waals surface area contributed by atoms with Crippen LogP contribution in [0.3, 0.4) is 0 Å². The van der Waals surface area contributed by atoms with Crippen molar-refractivity contribution in [3.8, 4) is 0 Å². The third-order valence-corrected chi connectivity index (χ3v) is 5.25. The highest BCUT2D eigenvalue weighted by atomic mass is 14.2. The highest BCUT2D eigenvalue weighted by molar-refractivity contribution is 6.17. The average Bonchev–Trinajstić information content (AvgIpc) is 2.54. The van der Waals surface area contributed by atoms with Gasteiger partial charge in [0.1, 0.15) is 7.85 Å². The first-order valence-corrected chi connectivity index (χ1v) is 9.16. The Morgan fingerprint density at radius 3 is 2.45 bits per heavy atom. The van der Waals surface area contributed by atoms with Crippen LogP contribution >= 0.6 is 0 Å². The first-order chi connectivity index (χ1) is 10.6. The Kier molecular flexibility index (Phi) is 6.11. The van der Waals surface area contributed by atoms with Gasteiger partial charge in [-0.2, -0.15) is 0 Å². The van der Waals surface area contributed by atoms with Crippen molar-refractivity contribution in [3.05, 3.63) is 47.5 Å². The van der Waals surface area contributed by atoms with Crippen molar-refractivity contribution in [2.24, 2.45) is 0 Å². The van der Waals surface area contributed by atoms with Gasteiger partial charge in [-0.15, -0.1) is 0 Å². The van der Waals surface area contributed by atoms with Gasteiger partial charge in [0.05, 0.1) is 0 Å². The summed E-state index contributed by atoms with van der Waals surface area (Å²) in [6.45, 7) is 6.89. The van der Waals surface area contributed by atoms with Crippen molar-refractivity contribution in [2.45, 2.75) is 71.0 Å². The summed E-state index contributed by atoms with van der Waals surface area (Å²) < 4.78 is 0. The lowest BCUT2D eigenvalue weighted by Gasteiger charge is -2.30. The van der Waals surface area contributed by atoms with Crippen molar-refractivity contribution in [1.82, 2.24) is 0 Å². The Morgan fingerprint density at radius 2 is 1.77 bits per heavy atom. The van der Waals surface area contributed by atoms with Gasteiger partial charge >= 0.3 is 0 Å². The van der Waals surface area contributed by atoms with Gasteiger partial charge in [0.25, 0.3) is 0 Å². The smallest absolute Gasteiger partial charge is 0.0654 e. The number of fused-ring (bicyclic) bond motifs is 1. The molecule has 0 aromatic heterocycles. The zero-order valence-electron chi connectivity index (χ0n) is 14.9. The number of aryl methyl sites for hydroxylation is 1. The summed E-state index contributed by atoms with van der Waals surface area (Å²) >= 11 is 0. The molecule has 1 unspecified atom stereocenters. The largest absolute Gasteiger partial charge is 0.115 e. The van der Waals surface area contributed by atoms with Gasteiger partial charge in [-0.1, -0.05) is 89.3 Å². The molecule has 22 heavy (non-hydrogen) atoms. The molecule has 0 heterocycles. The topological polar surface area (TPSA) is 0 Å². The fraction of sp³-hybridized carbons (Fsp3) is 0.524. The normalized spacial score (nSPS) is 14.1. The van der Waals surface area contributed by atoms with Crippen LogP contribution in [0.5, 0.6) is 0 Å². The van der Waals surface area contributed by atoms with E-state index in [4.69, 9.17) is 0 Å². The summed E-state index contributed by atoms with van der Waals surface area (Å²) in [6, 6.07) is 14.0. The van der Waals surface area contributed by atoms with Crippen LogP contribution < -0.4 is 0 Å². The van der Waals surface area contributed by atoms with E-state index in [9.17, 15) is 0 Å². The van der Waals surface area contributed by atoms with E-state index in [1.54, 1.807) is 0 Å². The van der Waals surface area contributed by atoms with E-state index in [0.717, 1.165) is 0 Å². The molecular formula is C21H31B. The molecule has 118 valence electrons. The van der Waals surface area contributed by atoms with Crippen LogP contribution in [-0.4, -0.2) is 7.85 Å². The number of hydrogen-bond donors (Lipinski definition) is 0. The molecule has 0 N–H and O–H groups in total. The summed E-state index contributed by atoms with van der Waals surface area (Å²) in [5.74, 6) is 0. The summed E-state index contributed by atoms with van der Waals surface area (Å²) in [4.78, 5) is 0. The van der Waals surface area contributed by atoms with Gasteiger partial charge < -0.3 is 0 Å². The Labute approximate surface area is 137 Å². The molecule has 0 spiro atoms. The van der Waals surface area contributed by atoms with Crippen LogP contribution in [0.25, 0.3) is 10.8 Å². The van der Waals surface area contributed by atoms with Gasteiger partial charge in [-0.05, 0) is 40.1 Å². The second-order valence-corrected chi connectivity index (χ2v) is 6.98.